The van der Waals surface area contributed by atoms with Crippen molar-refractivity contribution in [2.24, 2.45) is 0 Å². The number of rotatable bonds is 7. The van der Waals surface area contributed by atoms with Crippen LogP contribution in [0.2, 0.25) is 0 Å². The third-order valence-electron chi connectivity index (χ3n) is 2.96. The summed E-state index contributed by atoms with van der Waals surface area (Å²) in [7, 11) is 0. The molecule has 6 heteroatoms. The van der Waals surface area contributed by atoms with Gasteiger partial charge in [-0.3, -0.25) is 4.79 Å². The van der Waals surface area contributed by atoms with Crippen LogP contribution in [-0.4, -0.2) is 28.5 Å². The summed E-state index contributed by atoms with van der Waals surface area (Å²) in [5.74, 6) is -0.512. The Morgan fingerprint density at radius 2 is 2.00 bits per heavy atom. The van der Waals surface area contributed by atoms with Gasteiger partial charge >= 0.3 is 5.97 Å². The van der Waals surface area contributed by atoms with Gasteiger partial charge in [0.1, 0.15) is 0 Å². The molecule has 0 saturated heterocycles. The van der Waals surface area contributed by atoms with Crippen LogP contribution in [-0.2, 0) is 16.0 Å². The molecule has 1 aromatic heterocycles. The van der Waals surface area contributed by atoms with Crippen LogP contribution in [0, 0.1) is 0 Å². The van der Waals surface area contributed by atoms with Crippen LogP contribution in [0.25, 0.3) is 0 Å². The number of aromatic nitrogens is 1. The average molecular weight is 303 g/mol. The van der Waals surface area contributed by atoms with Crippen LogP contribution in [0.15, 0.2) is 53.5 Å². The van der Waals surface area contributed by atoms with Gasteiger partial charge in [0.05, 0.1) is 0 Å². The van der Waals surface area contributed by atoms with E-state index in [0.717, 1.165) is 4.73 Å². The minimum Gasteiger partial charge on any atom is -0.479 e. The molecule has 0 aliphatic heterocycles. The maximum atomic E-state index is 12.0. The van der Waals surface area contributed by atoms with E-state index in [2.05, 4.69) is 0 Å². The zero-order chi connectivity index (χ0) is 15.9. The van der Waals surface area contributed by atoms with Gasteiger partial charge in [-0.05, 0) is 30.7 Å². The Labute approximate surface area is 127 Å². The van der Waals surface area contributed by atoms with Gasteiger partial charge < -0.3 is 14.7 Å². The molecule has 1 N–H and O–H groups in total. The molecule has 1 aromatic carbocycles. The van der Waals surface area contributed by atoms with E-state index in [4.69, 9.17) is 14.7 Å². The molecule has 1 unspecified atom stereocenters. The molecule has 1 atom stereocenters. The Hall–Kier alpha value is -2.60. The van der Waals surface area contributed by atoms with E-state index in [9.17, 15) is 9.59 Å². The molecule has 2 rings (SSSR count). The summed E-state index contributed by atoms with van der Waals surface area (Å²) in [5.41, 5.74) is 0.209. The second-order valence-corrected chi connectivity index (χ2v) is 4.59. The average Bonchev–Trinajstić information content (AvgIpc) is 2.50. The van der Waals surface area contributed by atoms with Crippen molar-refractivity contribution in [3.05, 3.63) is 64.6 Å². The maximum absolute atomic E-state index is 12.0. The largest absolute Gasteiger partial charge is 0.479 e. The third-order valence-corrected chi connectivity index (χ3v) is 2.96. The van der Waals surface area contributed by atoms with Crippen molar-refractivity contribution in [2.45, 2.75) is 19.4 Å². The van der Waals surface area contributed by atoms with Crippen LogP contribution in [0.3, 0.4) is 0 Å². The molecular formula is C16H17NO5. The van der Waals surface area contributed by atoms with E-state index in [1.807, 2.05) is 6.07 Å². The van der Waals surface area contributed by atoms with Crippen molar-refractivity contribution >= 4 is 5.97 Å². The molecule has 0 amide bonds. The van der Waals surface area contributed by atoms with Crippen LogP contribution < -0.4 is 10.4 Å². The fourth-order valence-corrected chi connectivity index (χ4v) is 1.94. The van der Waals surface area contributed by atoms with Gasteiger partial charge in [0.25, 0.3) is 5.56 Å². The molecule has 0 aliphatic rings. The first kappa shape index (κ1) is 15.8. The number of nitrogens with zero attached hydrogens (tertiary/aromatic N) is 1. The summed E-state index contributed by atoms with van der Waals surface area (Å²) in [5, 5.41) is 9.05. The topological polar surface area (TPSA) is 77.8 Å². The molecule has 0 saturated carbocycles. The van der Waals surface area contributed by atoms with Crippen LogP contribution in [0.5, 0.6) is 5.75 Å². The van der Waals surface area contributed by atoms with Crippen LogP contribution in [0.1, 0.15) is 12.5 Å². The predicted molar refractivity (Wildman–Crippen MR) is 79.9 cm³/mol. The highest BCUT2D eigenvalue weighted by Crippen LogP contribution is 2.09. The Balaban J connectivity index is 2.12. The van der Waals surface area contributed by atoms with Crippen molar-refractivity contribution < 1.29 is 19.5 Å². The minimum atomic E-state index is -1.05. The second-order valence-electron chi connectivity index (χ2n) is 4.59. The second kappa shape index (κ2) is 7.42. The van der Waals surface area contributed by atoms with Crippen molar-refractivity contribution in [1.82, 2.24) is 4.73 Å². The molecule has 1 heterocycles. The Bertz CT molecular complexity index is 680. The van der Waals surface area contributed by atoms with E-state index < -0.39 is 12.1 Å². The van der Waals surface area contributed by atoms with Gasteiger partial charge in [-0.2, -0.15) is 0 Å². The SMILES string of the molecule is CCOC(Cc1ccn(Oc2ccccc2)c(=O)c1)C(=O)O. The molecule has 0 radical (unpaired) electrons. The number of carboxylic acid groups (broad SMARTS) is 1. The summed E-state index contributed by atoms with van der Waals surface area (Å²) in [6.07, 6.45) is 0.635. The lowest BCUT2D eigenvalue weighted by Crippen LogP contribution is -2.28. The number of aliphatic carboxylic acids is 1. The van der Waals surface area contributed by atoms with Crippen molar-refractivity contribution in [3.8, 4) is 5.75 Å². The lowest BCUT2D eigenvalue weighted by Gasteiger charge is -2.13. The quantitative estimate of drug-likeness (QED) is 0.842. The lowest BCUT2D eigenvalue weighted by atomic mass is 10.1. The molecule has 22 heavy (non-hydrogen) atoms. The van der Waals surface area contributed by atoms with Gasteiger partial charge in [0, 0.05) is 25.3 Å². The van der Waals surface area contributed by atoms with E-state index in [1.165, 1.54) is 12.3 Å². The first-order valence-electron chi connectivity index (χ1n) is 6.89. The molecule has 116 valence electrons. The maximum Gasteiger partial charge on any atom is 0.333 e. The van der Waals surface area contributed by atoms with Gasteiger partial charge in [0.15, 0.2) is 11.9 Å². The van der Waals surface area contributed by atoms with Gasteiger partial charge in [-0.25, -0.2) is 4.79 Å². The number of carbonyl (C=O) groups is 1. The first-order chi connectivity index (χ1) is 10.6. The number of carboxylic acids is 1. The van der Waals surface area contributed by atoms with E-state index in [-0.39, 0.29) is 12.0 Å². The van der Waals surface area contributed by atoms with E-state index in [0.29, 0.717) is 17.9 Å². The van der Waals surface area contributed by atoms with Crippen LogP contribution in [0.4, 0.5) is 0 Å². The fraction of sp³-hybridized carbons (Fsp3) is 0.250. The number of hydrogen-bond acceptors (Lipinski definition) is 4. The summed E-state index contributed by atoms with van der Waals surface area (Å²) < 4.78 is 6.23. The zero-order valence-electron chi connectivity index (χ0n) is 12.1. The van der Waals surface area contributed by atoms with Crippen molar-refractivity contribution in [3.63, 3.8) is 0 Å². The summed E-state index contributed by atoms with van der Waals surface area (Å²) in [6, 6.07) is 11.9. The molecule has 0 bridgehead atoms. The van der Waals surface area contributed by atoms with E-state index in [1.54, 1.807) is 37.3 Å². The van der Waals surface area contributed by atoms with Crippen molar-refractivity contribution in [1.29, 1.82) is 0 Å². The van der Waals surface area contributed by atoms with Gasteiger partial charge in [-0.1, -0.05) is 18.2 Å². The third kappa shape index (κ3) is 4.20. The Morgan fingerprint density at radius 1 is 1.27 bits per heavy atom. The highest BCUT2D eigenvalue weighted by molar-refractivity contribution is 5.72. The molecule has 0 spiro atoms. The predicted octanol–water partition coefficient (Wildman–Crippen LogP) is 1.72. The number of benzene rings is 1. The minimum absolute atomic E-state index is 0.130. The normalized spacial score (nSPS) is 11.9. The highest BCUT2D eigenvalue weighted by Gasteiger charge is 2.18. The number of hydrogen-bond donors (Lipinski definition) is 1. The fourth-order valence-electron chi connectivity index (χ4n) is 1.94. The Morgan fingerprint density at radius 3 is 2.59 bits per heavy atom. The smallest absolute Gasteiger partial charge is 0.333 e. The molecule has 2 aromatic rings. The Kier molecular flexibility index (Phi) is 5.32. The molecule has 0 fully saturated rings. The number of ether oxygens (including phenoxy) is 1. The first-order valence-corrected chi connectivity index (χ1v) is 6.89. The molecular weight excluding hydrogens is 286 g/mol. The zero-order valence-corrected chi connectivity index (χ0v) is 12.1. The molecule has 0 aliphatic carbocycles. The highest BCUT2D eigenvalue weighted by atomic mass is 16.7. The summed E-state index contributed by atoms with van der Waals surface area (Å²) in [6.45, 7) is 2.02. The number of para-hydroxylation sites is 1. The monoisotopic (exact) mass is 303 g/mol. The standard InChI is InChI=1S/C16H17NO5/c1-2-21-14(16(19)20)10-12-8-9-17(15(18)11-12)22-13-6-4-3-5-7-13/h3-9,11,14H,2,10H2,1H3,(H,19,20). The van der Waals surface area contributed by atoms with Gasteiger partial charge in [-0.15, -0.1) is 4.73 Å². The van der Waals surface area contributed by atoms with Crippen LogP contribution >= 0.6 is 0 Å². The summed E-state index contributed by atoms with van der Waals surface area (Å²) in [4.78, 5) is 28.5. The molecule has 6 nitrogen and oxygen atoms in total. The lowest BCUT2D eigenvalue weighted by molar-refractivity contribution is -0.149. The van der Waals surface area contributed by atoms with Crippen molar-refractivity contribution in [2.75, 3.05) is 6.61 Å². The summed E-state index contributed by atoms with van der Waals surface area (Å²) >= 11 is 0. The van der Waals surface area contributed by atoms with E-state index >= 15 is 0 Å². The number of pyridine rings is 1. The van der Waals surface area contributed by atoms with Gasteiger partial charge in [0.2, 0.25) is 0 Å².